The average Bonchev–Trinajstić information content (AvgIpc) is 2.86. The first-order valence-electron chi connectivity index (χ1n) is 4.81. The molecule has 0 bridgehead atoms. The maximum Gasteiger partial charge on any atom is 0.345 e. The number of methoxy groups -OCH3 is 1. The van der Waals surface area contributed by atoms with Gasteiger partial charge in [0.25, 0.3) is 0 Å². The van der Waals surface area contributed by atoms with Gasteiger partial charge in [0.05, 0.1) is 11.1 Å². The fraction of sp³-hybridized carbons (Fsp3) is 0.500. The summed E-state index contributed by atoms with van der Waals surface area (Å²) in [7, 11) is 1.71. The molecule has 2 heterocycles. The maximum absolute atomic E-state index is 10.7. The Morgan fingerprint density at radius 3 is 3.00 bits per heavy atom. The molecule has 1 N–H and O–H groups in total. The molecule has 0 spiro atoms. The Morgan fingerprint density at radius 2 is 2.47 bits per heavy atom. The molecule has 1 aromatic rings. The van der Waals surface area contributed by atoms with Crippen LogP contribution in [0.5, 0.6) is 0 Å². The van der Waals surface area contributed by atoms with Crippen LogP contribution in [0.2, 0.25) is 0 Å². The molecule has 1 aliphatic heterocycles. The largest absolute Gasteiger partial charge is 0.477 e. The first-order valence-corrected chi connectivity index (χ1v) is 5.63. The van der Waals surface area contributed by atoms with Crippen LogP contribution in [0.3, 0.4) is 0 Å². The first-order chi connectivity index (χ1) is 7.20. The van der Waals surface area contributed by atoms with Gasteiger partial charge in [-0.15, -0.1) is 11.3 Å². The number of carbonyl (C=O) groups is 1. The van der Waals surface area contributed by atoms with Crippen molar-refractivity contribution in [2.75, 3.05) is 25.1 Å². The van der Waals surface area contributed by atoms with E-state index in [1.807, 2.05) is 6.07 Å². The van der Waals surface area contributed by atoms with E-state index >= 15 is 0 Å². The monoisotopic (exact) mass is 227 g/mol. The summed E-state index contributed by atoms with van der Waals surface area (Å²) in [5.74, 6) is -0.853. The van der Waals surface area contributed by atoms with Crippen molar-refractivity contribution in [3.63, 3.8) is 0 Å². The molecule has 0 saturated carbocycles. The van der Waals surface area contributed by atoms with Crippen LogP contribution in [0.4, 0.5) is 5.00 Å². The Labute approximate surface area is 92.1 Å². The van der Waals surface area contributed by atoms with Crippen molar-refractivity contribution < 1.29 is 14.6 Å². The quantitative estimate of drug-likeness (QED) is 0.853. The van der Waals surface area contributed by atoms with E-state index in [-0.39, 0.29) is 6.10 Å². The Morgan fingerprint density at radius 1 is 1.67 bits per heavy atom. The molecule has 0 aromatic carbocycles. The minimum atomic E-state index is -0.853. The Bertz CT molecular complexity index is 363. The summed E-state index contributed by atoms with van der Waals surface area (Å²) in [4.78, 5) is 13.3. The number of nitrogens with zero attached hydrogens (tertiary/aromatic N) is 1. The Hall–Kier alpha value is -1.07. The van der Waals surface area contributed by atoms with E-state index in [0.29, 0.717) is 4.88 Å². The lowest BCUT2D eigenvalue weighted by Gasteiger charge is -2.15. The average molecular weight is 227 g/mol. The van der Waals surface area contributed by atoms with E-state index in [0.717, 1.165) is 24.5 Å². The zero-order valence-corrected chi connectivity index (χ0v) is 9.29. The predicted molar refractivity (Wildman–Crippen MR) is 58.9 cm³/mol. The third-order valence-electron chi connectivity index (χ3n) is 2.59. The summed E-state index contributed by atoms with van der Waals surface area (Å²) in [5.41, 5.74) is 0. The number of aromatic carboxylic acids is 1. The van der Waals surface area contributed by atoms with Gasteiger partial charge in [0.2, 0.25) is 0 Å². The van der Waals surface area contributed by atoms with Crippen molar-refractivity contribution in [1.29, 1.82) is 0 Å². The molecule has 82 valence electrons. The minimum Gasteiger partial charge on any atom is -0.477 e. The molecule has 1 unspecified atom stereocenters. The number of carboxylic acids is 1. The van der Waals surface area contributed by atoms with Crippen LogP contribution < -0.4 is 4.90 Å². The van der Waals surface area contributed by atoms with Gasteiger partial charge in [0.1, 0.15) is 4.88 Å². The molecular weight excluding hydrogens is 214 g/mol. The molecule has 1 aliphatic rings. The second-order valence-electron chi connectivity index (χ2n) is 3.54. The summed E-state index contributed by atoms with van der Waals surface area (Å²) in [5, 5.41) is 9.83. The van der Waals surface area contributed by atoms with Crippen LogP contribution in [0.1, 0.15) is 16.1 Å². The van der Waals surface area contributed by atoms with Crippen molar-refractivity contribution in [1.82, 2.24) is 0 Å². The molecular formula is C10H13NO3S. The molecule has 5 heteroatoms. The SMILES string of the molecule is COC1CCN(c2ccc(C(=O)O)s2)C1. The number of hydrogen-bond acceptors (Lipinski definition) is 4. The Balaban J connectivity index is 2.07. The van der Waals surface area contributed by atoms with Crippen LogP contribution in [-0.2, 0) is 4.74 Å². The molecule has 1 saturated heterocycles. The van der Waals surface area contributed by atoms with Gasteiger partial charge in [-0.2, -0.15) is 0 Å². The highest BCUT2D eigenvalue weighted by Gasteiger charge is 2.23. The van der Waals surface area contributed by atoms with E-state index in [1.54, 1.807) is 13.2 Å². The smallest absolute Gasteiger partial charge is 0.345 e. The normalized spacial score (nSPS) is 20.9. The summed E-state index contributed by atoms with van der Waals surface area (Å²) in [6.07, 6.45) is 1.29. The van der Waals surface area contributed by atoms with Gasteiger partial charge in [-0.3, -0.25) is 0 Å². The van der Waals surface area contributed by atoms with Crippen molar-refractivity contribution in [2.24, 2.45) is 0 Å². The minimum absolute atomic E-state index is 0.278. The third kappa shape index (κ3) is 2.13. The molecule has 1 aromatic heterocycles. The second kappa shape index (κ2) is 4.20. The Kier molecular flexibility index (Phi) is 2.93. The predicted octanol–water partition coefficient (Wildman–Crippen LogP) is 1.67. The van der Waals surface area contributed by atoms with E-state index in [1.165, 1.54) is 11.3 Å². The van der Waals surface area contributed by atoms with E-state index in [9.17, 15) is 4.79 Å². The molecule has 0 aliphatic carbocycles. The molecule has 0 amide bonds. The molecule has 4 nitrogen and oxygen atoms in total. The zero-order chi connectivity index (χ0) is 10.8. The van der Waals surface area contributed by atoms with Crippen LogP contribution in [0.25, 0.3) is 0 Å². The molecule has 1 fully saturated rings. The van der Waals surface area contributed by atoms with Gasteiger partial charge < -0.3 is 14.7 Å². The lowest BCUT2D eigenvalue weighted by atomic mass is 10.3. The number of carboxylic acid groups (broad SMARTS) is 1. The van der Waals surface area contributed by atoms with Crippen LogP contribution in [-0.4, -0.2) is 37.4 Å². The number of anilines is 1. The summed E-state index contributed by atoms with van der Waals surface area (Å²) < 4.78 is 5.26. The number of ether oxygens (including phenoxy) is 1. The second-order valence-corrected chi connectivity index (χ2v) is 4.60. The van der Waals surface area contributed by atoms with Crippen LogP contribution >= 0.6 is 11.3 Å². The summed E-state index contributed by atoms with van der Waals surface area (Å²) >= 11 is 1.32. The number of rotatable bonds is 3. The van der Waals surface area contributed by atoms with Crippen molar-refractivity contribution >= 4 is 22.3 Å². The summed E-state index contributed by atoms with van der Waals surface area (Å²) in [6, 6.07) is 3.52. The number of thiophene rings is 1. The fourth-order valence-corrected chi connectivity index (χ4v) is 2.61. The highest BCUT2D eigenvalue weighted by Crippen LogP contribution is 2.29. The molecule has 0 radical (unpaired) electrons. The standard InChI is InChI=1S/C10H13NO3S/c1-14-7-4-5-11(6-7)9-3-2-8(15-9)10(12)13/h2-3,7H,4-6H2,1H3,(H,12,13). The van der Waals surface area contributed by atoms with Crippen molar-refractivity contribution in [2.45, 2.75) is 12.5 Å². The summed E-state index contributed by atoms with van der Waals surface area (Å²) in [6.45, 7) is 1.80. The number of hydrogen-bond donors (Lipinski definition) is 1. The van der Waals surface area contributed by atoms with E-state index in [2.05, 4.69) is 4.90 Å². The van der Waals surface area contributed by atoms with Gasteiger partial charge in [-0.25, -0.2) is 4.79 Å². The zero-order valence-electron chi connectivity index (χ0n) is 8.47. The fourth-order valence-electron chi connectivity index (χ4n) is 1.73. The van der Waals surface area contributed by atoms with E-state index < -0.39 is 5.97 Å². The highest BCUT2D eigenvalue weighted by molar-refractivity contribution is 7.17. The first kappa shape index (κ1) is 10.4. The maximum atomic E-state index is 10.7. The van der Waals surface area contributed by atoms with Gasteiger partial charge in [0.15, 0.2) is 0 Å². The van der Waals surface area contributed by atoms with Crippen molar-refractivity contribution in [3.8, 4) is 0 Å². The molecule has 15 heavy (non-hydrogen) atoms. The van der Waals surface area contributed by atoms with E-state index in [4.69, 9.17) is 9.84 Å². The topological polar surface area (TPSA) is 49.8 Å². The van der Waals surface area contributed by atoms with Crippen LogP contribution in [0.15, 0.2) is 12.1 Å². The van der Waals surface area contributed by atoms with Gasteiger partial charge >= 0.3 is 5.97 Å². The molecule has 2 rings (SSSR count). The van der Waals surface area contributed by atoms with Gasteiger partial charge in [0, 0.05) is 20.2 Å². The van der Waals surface area contributed by atoms with Crippen LogP contribution in [0, 0.1) is 0 Å². The lowest BCUT2D eigenvalue weighted by molar-refractivity contribution is 0.0702. The van der Waals surface area contributed by atoms with Gasteiger partial charge in [-0.1, -0.05) is 0 Å². The third-order valence-corrected chi connectivity index (χ3v) is 3.73. The van der Waals surface area contributed by atoms with Crippen molar-refractivity contribution in [3.05, 3.63) is 17.0 Å². The highest BCUT2D eigenvalue weighted by atomic mass is 32.1. The van der Waals surface area contributed by atoms with Gasteiger partial charge in [-0.05, 0) is 18.6 Å². The lowest BCUT2D eigenvalue weighted by Crippen LogP contribution is -2.21. The molecule has 1 atom stereocenters.